The number of anilines is 1. The van der Waals surface area contributed by atoms with Gasteiger partial charge in [-0.05, 0) is 20.8 Å². The largest absolute Gasteiger partial charge is 0.378 e. The molecule has 0 aliphatic carbocycles. The minimum absolute atomic E-state index is 0.251. The van der Waals surface area contributed by atoms with Gasteiger partial charge in [0.1, 0.15) is 0 Å². The fourth-order valence-electron chi connectivity index (χ4n) is 0.572. The highest BCUT2D eigenvalue weighted by molar-refractivity contribution is 8.27. The minimum atomic E-state index is -0.783. The van der Waals surface area contributed by atoms with Crippen LogP contribution in [0.15, 0.2) is 9.59 Å². The van der Waals surface area contributed by atoms with Crippen LogP contribution in [0.2, 0.25) is 0 Å². The molecule has 1 rings (SSSR count). The highest BCUT2D eigenvalue weighted by atomic mass is 32.8. The molecule has 0 amide bonds. The van der Waals surface area contributed by atoms with Crippen LogP contribution >= 0.6 is 0 Å². The molecule has 0 bridgehead atoms. The summed E-state index contributed by atoms with van der Waals surface area (Å²) in [6.07, 6.45) is 1.61. The lowest BCUT2D eigenvalue weighted by Crippen LogP contribution is -2.34. The summed E-state index contributed by atoms with van der Waals surface area (Å²) in [4.78, 5) is 23.7. The number of nitrogens with two attached hydrogens (primary N) is 1. The lowest BCUT2D eigenvalue weighted by molar-refractivity contribution is 0.846. The van der Waals surface area contributed by atoms with Crippen molar-refractivity contribution >= 4 is 26.6 Å². The van der Waals surface area contributed by atoms with Crippen LogP contribution in [0.4, 0.5) is 5.82 Å². The Kier molecular flexibility index (Phi) is 2.38. The Morgan fingerprint density at radius 3 is 2.75 bits per heavy atom. The molecule has 66 valence electrons. The highest BCUT2D eigenvalue weighted by Crippen LogP contribution is 1.79. The zero-order valence-electron chi connectivity index (χ0n) is 6.10. The molecule has 1 aromatic heterocycles. The van der Waals surface area contributed by atoms with Gasteiger partial charge in [0.15, 0.2) is 0 Å². The molecule has 0 aliphatic rings. The van der Waals surface area contributed by atoms with E-state index in [1.165, 1.54) is 0 Å². The first kappa shape index (κ1) is 9.07. The summed E-state index contributed by atoms with van der Waals surface area (Å²) < 4.78 is 0.964. The molecule has 0 spiro atoms. The van der Waals surface area contributed by atoms with E-state index in [1.807, 2.05) is 4.98 Å². The number of nitrogens with zero attached hydrogens (tertiary/aromatic N) is 2. The van der Waals surface area contributed by atoms with Gasteiger partial charge < -0.3 is 5.73 Å². The molecule has 0 fully saturated rings. The average Bonchev–Trinajstić information content (AvgIpc) is 1.96. The fraction of sp³-hybridized carbons (Fsp3) is 0.250. The molecule has 0 radical (unpaired) electrons. The number of rotatable bonds is 1. The lowest BCUT2D eigenvalue weighted by atomic mass is 10.7. The third-order valence-corrected chi connectivity index (χ3v) is 2.23. The van der Waals surface area contributed by atoms with Crippen molar-refractivity contribution in [3.63, 3.8) is 0 Å². The Morgan fingerprint density at radius 2 is 2.25 bits per heavy atom. The summed E-state index contributed by atoms with van der Waals surface area (Å²) in [6.45, 7) is 0. The van der Waals surface area contributed by atoms with Gasteiger partial charge in [-0.1, -0.05) is 0 Å². The van der Waals surface area contributed by atoms with Gasteiger partial charge in [-0.2, -0.15) is 0 Å². The molecule has 3 N–H and O–H groups in total. The number of aromatic nitrogens is 3. The van der Waals surface area contributed by atoms with Crippen LogP contribution in [0.5, 0.6) is 0 Å². The van der Waals surface area contributed by atoms with Crippen LogP contribution < -0.4 is 17.0 Å². The Labute approximate surface area is 74.1 Å². The summed E-state index contributed by atoms with van der Waals surface area (Å²) in [6, 6.07) is 0. The molecule has 8 heteroatoms. The van der Waals surface area contributed by atoms with Crippen LogP contribution in [0.1, 0.15) is 0 Å². The van der Waals surface area contributed by atoms with E-state index >= 15 is 0 Å². The van der Waals surface area contributed by atoms with E-state index in [9.17, 15) is 9.59 Å². The molecule has 1 unspecified atom stereocenters. The maximum atomic E-state index is 11.0. The summed E-state index contributed by atoms with van der Waals surface area (Å²) in [5, 5.41) is 3.52. The molecule has 12 heavy (non-hydrogen) atoms. The fourth-order valence-corrected chi connectivity index (χ4v) is 1.36. The second-order valence-electron chi connectivity index (χ2n) is 1.94. The van der Waals surface area contributed by atoms with Gasteiger partial charge >= 0.3 is 5.69 Å². The van der Waals surface area contributed by atoms with E-state index in [-0.39, 0.29) is 5.82 Å². The summed E-state index contributed by atoms with van der Waals surface area (Å²) in [5.41, 5.74) is 3.86. The number of aromatic amines is 1. The van der Waals surface area contributed by atoms with Crippen LogP contribution in [-0.4, -0.2) is 20.4 Å². The maximum Gasteiger partial charge on any atom is 0.355 e. The second kappa shape index (κ2) is 3.15. The predicted octanol–water partition coefficient (Wildman–Crippen LogP) is -2.01. The van der Waals surface area contributed by atoms with E-state index in [0.29, 0.717) is 0 Å². The van der Waals surface area contributed by atoms with Gasteiger partial charge in [-0.25, -0.2) is 4.79 Å². The molecule has 0 aliphatic heterocycles. The van der Waals surface area contributed by atoms with Gasteiger partial charge in [-0.3, -0.25) is 9.78 Å². The normalized spacial score (nSPS) is 12.8. The van der Waals surface area contributed by atoms with Crippen LogP contribution in [-0.2, 0) is 20.8 Å². The Hall–Kier alpha value is -1.02. The van der Waals surface area contributed by atoms with Gasteiger partial charge in [0, 0.05) is 6.26 Å². The molecule has 1 aromatic rings. The average molecular weight is 206 g/mol. The molecule has 1 heterocycles. The monoisotopic (exact) mass is 206 g/mol. The van der Waals surface area contributed by atoms with Crippen molar-refractivity contribution in [3.05, 3.63) is 20.8 Å². The number of hydrogen-bond acceptors (Lipinski definition) is 5. The summed E-state index contributed by atoms with van der Waals surface area (Å²) >= 11 is 4.79. The van der Waals surface area contributed by atoms with Gasteiger partial charge in [0.05, 0.1) is 0 Å². The summed E-state index contributed by atoms with van der Waals surface area (Å²) in [5.74, 6) is -0.251. The van der Waals surface area contributed by atoms with Gasteiger partial charge in [-0.15, -0.1) is 9.19 Å². The number of hydrogen-bond donors (Lipinski definition) is 2. The Bertz CT molecular complexity index is 433. The number of nitrogen functional groups attached to an aromatic ring is 1. The molecule has 0 saturated heterocycles. The topological polar surface area (TPSA) is 93.8 Å². The van der Waals surface area contributed by atoms with Crippen LogP contribution in [0.3, 0.4) is 0 Å². The van der Waals surface area contributed by atoms with Crippen molar-refractivity contribution in [2.45, 2.75) is 0 Å². The third-order valence-electron chi connectivity index (χ3n) is 1.07. The van der Waals surface area contributed by atoms with E-state index < -0.39 is 20.9 Å². The molecular weight excluding hydrogens is 200 g/mol. The zero-order valence-corrected chi connectivity index (χ0v) is 7.74. The first-order valence-electron chi connectivity index (χ1n) is 2.85. The molecule has 1 atom stereocenters. The molecule has 6 nitrogen and oxygen atoms in total. The van der Waals surface area contributed by atoms with E-state index in [2.05, 4.69) is 5.10 Å². The lowest BCUT2D eigenvalue weighted by Gasteiger charge is -2.00. The van der Waals surface area contributed by atoms with Gasteiger partial charge in [0.25, 0.3) is 5.56 Å². The predicted molar refractivity (Wildman–Crippen MR) is 49.6 cm³/mol. The van der Waals surface area contributed by atoms with Crippen molar-refractivity contribution in [2.75, 3.05) is 12.0 Å². The maximum absolute atomic E-state index is 11.0. The zero-order chi connectivity index (χ0) is 9.30. The third kappa shape index (κ3) is 1.59. The van der Waals surface area contributed by atoms with Crippen molar-refractivity contribution in [1.82, 2.24) is 14.2 Å². The van der Waals surface area contributed by atoms with Crippen molar-refractivity contribution in [1.29, 1.82) is 0 Å². The van der Waals surface area contributed by atoms with Crippen molar-refractivity contribution in [2.24, 2.45) is 0 Å². The standard InChI is InChI=1S/C4H6N4O2S2/c1-12(11)8-4(10)6-3(9)2(5)7-8/h1H3,(H2,5,7)(H,6,9,10). The molecular formula is C4H6N4O2S2. The van der Waals surface area contributed by atoms with E-state index in [1.54, 1.807) is 6.26 Å². The van der Waals surface area contributed by atoms with Crippen LogP contribution in [0.25, 0.3) is 0 Å². The first-order valence-corrected chi connectivity index (χ1v) is 5.37. The number of nitrogens with one attached hydrogen (secondary N) is 1. The highest BCUT2D eigenvalue weighted by Gasteiger charge is 2.02. The smallest absolute Gasteiger partial charge is 0.355 e. The molecule has 0 saturated carbocycles. The van der Waals surface area contributed by atoms with Gasteiger partial charge in [0.2, 0.25) is 5.82 Å². The number of H-pyrrole nitrogens is 1. The van der Waals surface area contributed by atoms with Crippen LogP contribution in [0, 0.1) is 0 Å². The van der Waals surface area contributed by atoms with Crippen molar-refractivity contribution in [3.8, 4) is 0 Å². The Morgan fingerprint density at radius 1 is 1.67 bits per heavy atom. The Balaban J connectivity index is 3.54. The SMILES string of the molecule is CS(=S)n1nc(N)c(=O)[nH]c1=O. The van der Waals surface area contributed by atoms with E-state index in [0.717, 1.165) is 4.09 Å². The summed E-state index contributed by atoms with van der Waals surface area (Å²) in [7, 11) is -0.783. The first-order chi connectivity index (χ1) is 5.52. The second-order valence-corrected chi connectivity index (χ2v) is 4.58. The molecule has 0 aromatic carbocycles. The van der Waals surface area contributed by atoms with E-state index in [4.69, 9.17) is 16.9 Å². The quantitative estimate of drug-likeness (QED) is 0.553. The van der Waals surface area contributed by atoms with Crippen molar-refractivity contribution < 1.29 is 0 Å². The minimum Gasteiger partial charge on any atom is -0.378 e.